The lowest BCUT2D eigenvalue weighted by molar-refractivity contribution is 0.0515. The Labute approximate surface area is 166 Å². The van der Waals surface area contributed by atoms with Gasteiger partial charge in [0.05, 0.1) is 13.2 Å². The SMILES string of the molecule is Brc1ccc(C2(CNC3CCCC3C3COCCN3)CCC2)cc1.Cl. The fourth-order valence-electron chi connectivity index (χ4n) is 4.89. The number of morpholine rings is 1. The second-order valence-electron chi connectivity index (χ2n) is 7.86. The predicted octanol–water partition coefficient (Wildman–Crippen LogP) is 4.04. The molecule has 0 amide bonds. The molecule has 1 aromatic rings. The maximum absolute atomic E-state index is 5.71. The highest BCUT2D eigenvalue weighted by molar-refractivity contribution is 9.10. The van der Waals surface area contributed by atoms with Gasteiger partial charge in [-0.05, 0) is 49.3 Å². The van der Waals surface area contributed by atoms with Gasteiger partial charge in [0.1, 0.15) is 0 Å². The van der Waals surface area contributed by atoms with Gasteiger partial charge in [-0.1, -0.05) is 40.9 Å². The van der Waals surface area contributed by atoms with E-state index >= 15 is 0 Å². The number of hydrogen-bond acceptors (Lipinski definition) is 3. The zero-order chi connectivity index (χ0) is 16.4. The summed E-state index contributed by atoms with van der Waals surface area (Å²) in [5.74, 6) is 0.729. The number of halogens is 2. The molecule has 3 fully saturated rings. The van der Waals surface area contributed by atoms with Crippen LogP contribution in [-0.2, 0) is 10.2 Å². The molecule has 0 spiro atoms. The molecule has 0 aromatic heterocycles. The first-order valence-electron chi connectivity index (χ1n) is 9.57. The van der Waals surface area contributed by atoms with E-state index < -0.39 is 0 Å². The number of rotatable bonds is 5. The highest BCUT2D eigenvalue weighted by atomic mass is 79.9. The number of nitrogens with one attached hydrogen (secondary N) is 2. The molecule has 4 rings (SSSR count). The van der Waals surface area contributed by atoms with Crippen molar-refractivity contribution in [3.8, 4) is 0 Å². The Morgan fingerprint density at radius 3 is 2.60 bits per heavy atom. The van der Waals surface area contributed by atoms with E-state index in [1.807, 2.05) is 0 Å². The van der Waals surface area contributed by atoms with Crippen molar-refractivity contribution in [1.82, 2.24) is 10.6 Å². The second kappa shape index (κ2) is 8.71. The summed E-state index contributed by atoms with van der Waals surface area (Å²) in [6, 6.07) is 10.2. The molecule has 3 nitrogen and oxygen atoms in total. The topological polar surface area (TPSA) is 33.3 Å². The summed E-state index contributed by atoms with van der Waals surface area (Å²) in [5, 5.41) is 7.66. The Hall–Kier alpha value is -0.130. The minimum atomic E-state index is 0. The van der Waals surface area contributed by atoms with Crippen molar-refractivity contribution in [2.24, 2.45) is 5.92 Å². The van der Waals surface area contributed by atoms with E-state index in [0.29, 0.717) is 17.5 Å². The van der Waals surface area contributed by atoms with Gasteiger partial charge < -0.3 is 15.4 Å². The van der Waals surface area contributed by atoms with Crippen molar-refractivity contribution in [2.45, 2.75) is 56.0 Å². The lowest BCUT2D eigenvalue weighted by Gasteiger charge is -2.44. The minimum Gasteiger partial charge on any atom is -0.379 e. The molecule has 2 saturated carbocycles. The third-order valence-corrected chi connectivity index (χ3v) is 7.04. The number of hydrogen-bond donors (Lipinski definition) is 2. The van der Waals surface area contributed by atoms with Gasteiger partial charge >= 0.3 is 0 Å². The first kappa shape index (κ1) is 19.6. The smallest absolute Gasteiger partial charge is 0.0623 e. The highest BCUT2D eigenvalue weighted by Crippen LogP contribution is 2.44. The molecule has 25 heavy (non-hydrogen) atoms. The summed E-state index contributed by atoms with van der Waals surface area (Å²) in [6.07, 6.45) is 8.02. The fraction of sp³-hybridized carbons (Fsp3) is 0.700. The molecule has 140 valence electrons. The highest BCUT2D eigenvalue weighted by Gasteiger charge is 2.41. The third-order valence-electron chi connectivity index (χ3n) is 6.51. The normalized spacial score (nSPS) is 31.2. The predicted molar refractivity (Wildman–Crippen MR) is 109 cm³/mol. The van der Waals surface area contributed by atoms with E-state index in [1.165, 1.54) is 48.6 Å². The molecule has 5 heteroatoms. The Balaban J connectivity index is 0.00000182. The molecule has 1 aliphatic heterocycles. The summed E-state index contributed by atoms with van der Waals surface area (Å²) in [6.45, 7) is 3.90. The molecule has 1 heterocycles. The van der Waals surface area contributed by atoms with Gasteiger partial charge in [-0.15, -0.1) is 12.4 Å². The molecule has 3 atom stereocenters. The minimum absolute atomic E-state index is 0. The Morgan fingerprint density at radius 2 is 1.96 bits per heavy atom. The summed E-state index contributed by atoms with van der Waals surface area (Å²) in [4.78, 5) is 0. The number of ether oxygens (including phenoxy) is 1. The first-order valence-corrected chi connectivity index (χ1v) is 10.4. The molecule has 2 N–H and O–H groups in total. The third kappa shape index (κ3) is 4.24. The first-order chi connectivity index (χ1) is 11.8. The van der Waals surface area contributed by atoms with Crippen molar-refractivity contribution in [1.29, 1.82) is 0 Å². The van der Waals surface area contributed by atoms with Crippen LogP contribution in [0, 0.1) is 5.92 Å². The van der Waals surface area contributed by atoms with E-state index in [0.717, 1.165) is 32.2 Å². The molecular formula is C20H30BrClN2O. The van der Waals surface area contributed by atoms with Crippen molar-refractivity contribution in [2.75, 3.05) is 26.3 Å². The van der Waals surface area contributed by atoms with Gasteiger partial charge in [0.15, 0.2) is 0 Å². The molecule has 1 aromatic carbocycles. The lowest BCUT2D eigenvalue weighted by atomic mass is 9.64. The Bertz CT molecular complexity index is 543. The lowest BCUT2D eigenvalue weighted by Crippen LogP contribution is -2.53. The van der Waals surface area contributed by atoms with Crippen molar-refractivity contribution in [3.05, 3.63) is 34.3 Å². The zero-order valence-electron chi connectivity index (χ0n) is 14.8. The number of benzene rings is 1. The van der Waals surface area contributed by atoms with E-state index in [1.54, 1.807) is 0 Å². The van der Waals surface area contributed by atoms with Crippen LogP contribution in [0.2, 0.25) is 0 Å². The van der Waals surface area contributed by atoms with Crippen molar-refractivity contribution < 1.29 is 4.74 Å². The van der Waals surface area contributed by atoms with Crippen molar-refractivity contribution in [3.63, 3.8) is 0 Å². The van der Waals surface area contributed by atoms with Crippen LogP contribution in [0.5, 0.6) is 0 Å². The molecule has 3 aliphatic rings. The van der Waals surface area contributed by atoms with E-state index in [-0.39, 0.29) is 12.4 Å². The summed E-state index contributed by atoms with van der Waals surface area (Å²) in [7, 11) is 0. The monoisotopic (exact) mass is 428 g/mol. The van der Waals surface area contributed by atoms with Crippen LogP contribution < -0.4 is 10.6 Å². The summed E-state index contributed by atoms with van der Waals surface area (Å²) < 4.78 is 6.88. The maximum atomic E-state index is 5.71. The average molecular weight is 430 g/mol. The zero-order valence-corrected chi connectivity index (χ0v) is 17.2. The van der Waals surface area contributed by atoms with Crippen LogP contribution in [0.25, 0.3) is 0 Å². The largest absolute Gasteiger partial charge is 0.379 e. The maximum Gasteiger partial charge on any atom is 0.0623 e. The molecule has 3 unspecified atom stereocenters. The Kier molecular flexibility index (Phi) is 6.83. The van der Waals surface area contributed by atoms with Crippen LogP contribution in [0.4, 0.5) is 0 Å². The van der Waals surface area contributed by atoms with Gasteiger partial charge in [0.2, 0.25) is 0 Å². The van der Waals surface area contributed by atoms with Gasteiger partial charge in [0, 0.05) is 35.1 Å². The Morgan fingerprint density at radius 1 is 1.16 bits per heavy atom. The molecule has 0 bridgehead atoms. The van der Waals surface area contributed by atoms with Gasteiger partial charge in [0.25, 0.3) is 0 Å². The van der Waals surface area contributed by atoms with Gasteiger partial charge in [-0.2, -0.15) is 0 Å². The summed E-state index contributed by atoms with van der Waals surface area (Å²) >= 11 is 3.56. The van der Waals surface area contributed by atoms with Crippen LogP contribution in [-0.4, -0.2) is 38.4 Å². The van der Waals surface area contributed by atoms with Gasteiger partial charge in [-0.3, -0.25) is 0 Å². The quantitative estimate of drug-likeness (QED) is 0.741. The van der Waals surface area contributed by atoms with Crippen LogP contribution >= 0.6 is 28.3 Å². The van der Waals surface area contributed by atoms with Crippen LogP contribution in [0.3, 0.4) is 0 Å². The molecular weight excluding hydrogens is 400 g/mol. The van der Waals surface area contributed by atoms with E-state index in [2.05, 4.69) is 50.8 Å². The van der Waals surface area contributed by atoms with E-state index in [4.69, 9.17) is 4.74 Å². The van der Waals surface area contributed by atoms with Crippen LogP contribution in [0.1, 0.15) is 44.1 Å². The molecule has 0 radical (unpaired) electrons. The average Bonchev–Trinajstić information content (AvgIpc) is 3.05. The standard InChI is InChI=1S/C20H29BrN2O.ClH/c21-16-7-5-15(6-8-16)20(9-2-10-20)14-23-18-4-1-3-17(18)19-13-24-12-11-22-19;/h5-8,17-19,22-23H,1-4,9-14H2;1H. The van der Waals surface area contributed by atoms with E-state index in [9.17, 15) is 0 Å². The fourth-order valence-corrected chi connectivity index (χ4v) is 5.15. The molecule has 2 aliphatic carbocycles. The van der Waals surface area contributed by atoms with Crippen molar-refractivity contribution >= 4 is 28.3 Å². The van der Waals surface area contributed by atoms with Crippen LogP contribution in [0.15, 0.2) is 28.7 Å². The molecule has 1 saturated heterocycles. The second-order valence-corrected chi connectivity index (χ2v) is 8.77. The van der Waals surface area contributed by atoms with Gasteiger partial charge in [-0.25, -0.2) is 0 Å². The summed E-state index contributed by atoms with van der Waals surface area (Å²) in [5.41, 5.74) is 1.88.